The first-order valence-electron chi connectivity index (χ1n) is 11.1. The molecule has 8 heteroatoms. The van der Waals surface area contributed by atoms with Gasteiger partial charge < -0.3 is 10.1 Å². The van der Waals surface area contributed by atoms with Crippen LogP contribution in [0.3, 0.4) is 0 Å². The summed E-state index contributed by atoms with van der Waals surface area (Å²) in [5.41, 5.74) is 0.710. The van der Waals surface area contributed by atoms with Crippen LogP contribution in [0.15, 0.2) is 34.2 Å². The zero-order chi connectivity index (χ0) is 21.2. The highest BCUT2D eigenvalue weighted by molar-refractivity contribution is 7.99. The summed E-state index contributed by atoms with van der Waals surface area (Å²) in [6.07, 6.45) is 7.74. The van der Waals surface area contributed by atoms with Crippen molar-refractivity contribution in [1.82, 2.24) is 14.9 Å². The molecule has 164 valence electrons. The average molecular weight is 458 g/mol. The lowest BCUT2D eigenvalue weighted by atomic mass is 9.95. The van der Waals surface area contributed by atoms with Gasteiger partial charge in [-0.25, -0.2) is 4.98 Å². The van der Waals surface area contributed by atoms with E-state index in [9.17, 15) is 9.59 Å². The fourth-order valence-corrected chi connectivity index (χ4v) is 6.47. The van der Waals surface area contributed by atoms with Gasteiger partial charge in [-0.15, -0.1) is 11.3 Å². The van der Waals surface area contributed by atoms with E-state index in [4.69, 9.17) is 9.72 Å². The lowest BCUT2D eigenvalue weighted by Gasteiger charge is -2.22. The normalized spacial score (nSPS) is 19.9. The molecule has 2 aliphatic rings. The minimum Gasteiger partial charge on any atom is -0.376 e. The lowest BCUT2D eigenvalue weighted by Crippen LogP contribution is -2.37. The maximum absolute atomic E-state index is 13.4. The van der Waals surface area contributed by atoms with Crippen LogP contribution in [0.4, 0.5) is 0 Å². The van der Waals surface area contributed by atoms with Crippen molar-refractivity contribution in [2.45, 2.75) is 68.8 Å². The first kappa shape index (κ1) is 21.0. The third kappa shape index (κ3) is 4.52. The molecule has 3 aromatic rings. The molecule has 1 N–H and O–H groups in total. The Morgan fingerprint density at radius 3 is 2.84 bits per heavy atom. The monoisotopic (exact) mass is 457 g/mol. The predicted octanol–water partition coefficient (Wildman–Crippen LogP) is 4.33. The van der Waals surface area contributed by atoms with Gasteiger partial charge in [-0.05, 0) is 31.7 Å². The number of benzene rings is 1. The van der Waals surface area contributed by atoms with E-state index in [2.05, 4.69) is 5.32 Å². The Hall–Kier alpha value is -1.90. The molecular weight excluding hydrogens is 430 g/mol. The van der Waals surface area contributed by atoms with E-state index in [-0.39, 0.29) is 29.4 Å². The van der Waals surface area contributed by atoms with Gasteiger partial charge in [-0.1, -0.05) is 49.2 Å². The number of amides is 1. The van der Waals surface area contributed by atoms with Crippen LogP contribution in [0.2, 0.25) is 0 Å². The van der Waals surface area contributed by atoms with Crippen molar-refractivity contribution < 1.29 is 9.53 Å². The third-order valence-corrected chi connectivity index (χ3v) is 8.28. The van der Waals surface area contributed by atoms with Crippen LogP contribution in [0.1, 0.15) is 44.9 Å². The number of carbonyl (C=O) groups excluding carboxylic acids is 1. The Kier molecular flexibility index (Phi) is 6.29. The Balaban J connectivity index is 1.44. The first-order chi connectivity index (χ1) is 15.2. The molecule has 0 bridgehead atoms. The van der Waals surface area contributed by atoms with E-state index in [1.54, 1.807) is 4.57 Å². The molecule has 5 rings (SSSR count). The van der Waals surface area contributed by atoms with E-state index >= 15 is 0 Å². The number of hydrogen-bond donors (Lipinski definition) is 1. The first-order valence-corrected chi connectivity index (χ1v) is 12.9. The van der Waals surface area contributed by atoms with Gasteiger partial charge in [0.25, 0.3) is 5.56 Å². The van der Waals surface area contributed by atoms with Crippen LogP contribution in [0.25, 0.3) is 20.3 Å². The number of ether oxygens (including phenoxy) is 1. The van der Waals surface area contributed by atoms with Gasteiger partial charge in [0.15, 0.2) is 5.16 Å². The molecule has 1 aliphatic heterocycles. The molecule has 1 amide bonds. The van der Waals surface area contributed by atoms with Gasteiger partial charge in [0.2, 0.25) is 5.91 Å². The van der Waals surface area contributed by atoms with E-state index < -0.39 is 0 Å². The van der Waals surface area contributed by atoms with Crippen LogP contribution in [-0.4, -0.2) is 40.0 Å². The molecule has 0 radical (unpaired) electrons. The van der Waals surface area contributed by atoms with Crippen molar-refractivity contribution in [2.75, 3.05) is 12.4 Å². The number of carbonyl (C=O) groups is 1. The minimum atomic E-state index is -0.0307. The number of thiophene rings is 1. The maximum Gasteiger partial charge on any atom is 0.272 e. The highest BCUT2D eigenvalue weighted by Gasteiger charge is 2.23. The number of fused-ring (bicyclic) bond motifs is 3. The van der Waals surface area contributed by atoms with Crippen LogP contribution in [0, 0.1) is 0 Å². The molecule has 1 saturated heterocycles. The quantitative estimate of drug-likeness (QED) is 0.441. The van der Waals surface area contributed by atoms with Crippen LogP contribution in [0.5, 0.6) is 0 Å². The summed E-state index contributed by atoms with van der Waals surface area (Å²) in [6, 6.07) is 8.27. The second kappa shape index (κ2) is 9.30. The summed E-state index contributed by atoms with van der Waals surface area (Å²) in [5.74, 6) is 0.285. The van der Waals surface area contributed by atoms with E-state index in [0.717, 1.165) is 47.9 Å². The Morgan fingerprint density at radius 2 is 2.03 bits per heavy atom. The van der Waals surface area contributed by atoms with Gasteiger partial charge >= 0.3 is 0 Å². The number of hydrogen-bond acceptors (Lipinski definition) is 6. The smallest absolute Gasteiger partial charge is 0.272 e. The van der Waals surface area contributed by atoms with Crippen molar-refractivity contribution in [1.29, 1.82) is 0 Å². The molecule has 1 unspecified atom stereocenters. The third-order valence-electron chi connectivity index (χ3n) is 6.16. The summed E-state index contributed by atoms with van der Waals surface area (Å²) in [4.78, 5) is 30.9. The van der Waals surface area contributed by atoms with Gasteiger partial charge in [0.05, 0.1) is 23.9 Å². The summed E-state index contributed by atoms with van der Waals surface area (Å²) < 4.78 is 9.25. The standard InChI is InChI=1S/C23H27N3O3S2/c27-19(24-15-7-2-1-3-8-15)14-30-23-25-20-17-10-4-5-11-18(17)31-21(20)22(28)26(23)13-16-9-6-12-29-16/h4-5,10-11,15-16H,1-3,6-9,12-14H2,(H,24,27). The number of rotatable bonds is 6. The highest BCUT2D eigenvalue weighted by atomic mass is 32.2. The molecule has 1 saturated carbocycles. The second-order valence-corrected chi connectivity index (χ2v) is 10.4. The van der Waals surface area contributed by atoms with Gasteiger partial charge in [-0.2, -0.15) is 0 Å². The largest absolute Gasteiger partial charge is 0.376 e. The Labute approximate surface area is 189 Å². The molecule has 0 spiro atoms. The molecule has 2 fully saturated rings. The summed E-state index contributed by atoms with van der Waals surface area (Å²) >= 11 is 2.85. The van der Waals surface area contributed by atoms with Crippen LogP contribution in [-0.2, 0) is 16.1 Å². The topological polar surface area (TPSA) is 73.2 Å². The molecule has 31 heavy (non-hydrogen) atoms. The van der Waals surface area contributed by atoms with Crippen molar-refractivity contribution in [3.05, 3.63) is 34.6 Å². The van der Waals surface area contributed by atoms with Crippen molar-refractivity contribution in [3.8, 4) is 0 Å². The predicted molar refractivity (Wildman–Crippen MR) is 126 cm³/mol. The SMILES string of the molecule is O=C(CSc1nc2c(sc3ccccc32)c(=O)n1CC1CCCO1)NC1CCCCC1. The number of thioether (sulfide) groups is 1. The maximum atomic E-state index is 13.4. The van der Waals surface area contributed by atoms with E-state index in [1.165, 1.54) is 42.4 Å². The van der Waals surface area contributed by atoms with Gasteiger partial charge in [-0.3, -0.25) is 14.2 Å². The summed E-state index contributed by atoms with van der Waals surface area (Å²) in [7, 11) is 0. The van der Waals surface area contributed by atoms with Crippen LogP contribution >= 0.6 is 23.1 Å². The summed E-state index contributed by atoms with van der Waals surface area (Å²) in [6.45, 7) is 1.23. The van der Waals surface area contributed by atoms with Gasteiger partial charge in [0, 0.05) is 22.7 Å². The average Bonchev–Trinajstić information content (AvgIpc) is 3.43. The molecular formula is C23H27N3O3S2. The van der Waals surface area contributed by atoms with Crippen molar-refractivity contribution in [2.24, 2.45) is 0 Å². The van der Waals surface area contributed by atoms with Crippen molar-refractivity contribution in [3.63, 3.8) is 0 Å². The Morgan fingerprint density at radius 1 is 1.19 bits per heavy atom. The van der Waals surface area contributed by atoms with E-state index in [0.29, 0.717) is 16.4 Å². The fraction of sp³-hybridized carbons (Fsp3) is 0.522. The molecule has 1 aromatic carbocycles. The molecule has 3 heterocycles. The Bertz CT molecular complexity index is 1140. The minimum absolute atomic E-state index is 0.0186. The number of nitrogens with zero attached hydrogens (tertiary/aromatic N) is 2. The summed E-state index contributed by atoms with van der Waals surface area (Å²) in [5, 5.41) is 4.76. The van der Waals surface area contributed by atoms with E-state index in [1.807, 2.05) is 24.3 Å². The van der Waals surface area contributed by atoms with Crippen molar-refractivity contribution >= 4 is 49.3 Å². The van der Waals surface area contributed by atoms with Gasteiger partial charge in [0.1, 0.15) is 4.70 Å². The van der Waals surface area contributed by atoms with Crippen LogP contribution < -0.4 is 10.9 Å². The second-order valence-electron chi connectivity index (χ2n) is 8.41. The molecule has 1 aliphatic carbocycles. The molecule has 6 nitrogen and oxygen atoms in total. The zero-order valence-electron chi connectivity index (χ0n) is 17.5. The molecule has 2 aromatic heterocycles. The fourth-order valence-electron chi connectivity index (χ4n) is 4.56. The molecule has 1 atom stereocenters. The lowest BCUT2D eigenvalue weighted by molar-refractivity contribution is -0.119. The number of aromatic nitrogens is 2. The highest BCUT2D eigenvalue weighted by Crippen LogP contribution is 2.32. The number of nitrogens with one attached hydrogen (secondary N) is 1. The zero-order valence-corrected chi connectivity index (χ0v) is 19.1.